The van der Waals surface area contributed by atoms with Gasteiger partial charge in [-0.3, -0.25) is 14.3 Å². The summed E-state index contributed by atoms with van der Waals surface area (Å²) < 4.78 is 19.2. The van der Waals surface area contributed by atoms with Crippen LogP contribution in [0, 0.1) is 5.82 Å². The molecule has 0 aromatic carbocycles. The van der Waals surface area contributed by atoms with Gasteiger partial charge in [0.05, 0.1) is 12.1 Å². The fraction of sp³-hybridized carbons (Fsp3) is 0.556. The Morgan fingerprint density at radius 3 is 2.78 bits per heavy atom. The van der Waals surface area contributed by atoms with Crippen molar-refractivity contribution in [2.24, 2.45) is 0 Å². The van der Waals surface area contributed by atoms with Crippen LogP contribution in [0.15, 0.2) is 15.8 Å². The van der Waals surface area contributed by atoms with Gasteiger partial charge in [0, 0.05) is 0 Å². The third-order valence-electron chi connectivity index (χ3n) is 2.64. The first kappa shape index (κ1) is 13.5. The number of rotatable bonds is 2. The molecule has 1 aliphatic rings. The second kappa shape index (κ2) is 5.00. The van der Waals surface area contributed by atoms with Crippen LogP contribution >= 0.6 is 23.2 Å². The van der Waals surface area contributed by atoms with E-state index in [0.29, 0.717) is 6.20 Å². The Labute approximate surface area is 110 Å². The van der Waals surface area contributed by atoms with Crippen LogP contribution in [0.4, 0.5) is 4.39 Å². The minimum Gasteiger partial charge on any atom is -0.389 e. The Hall–Kier alpha value is -0.890. The molecule has 0 radical (unpaired) electrons. The zero-order valence-corrected chi connectivity index (χ0v) is 10.4. The number of aromatic nitrogens is 2. The van der Waals surface area contributed by atoms with Gasteiger partial charge in [0.2, 0.25) is 5.82 Å². The summed E-state index contributed by atoms with van der Waals surface area (Å²) in [5.74, 6) is -1.17. The third-order valence-corrected chi connectivity index (χ3v) is 3.42. The molecular formula is C9H9Cl2FN2O4. The van der Waals surface area contributed by atoms with Gasteiger partial charge in [-0.25, -0.2) is 4.79 Å². The summed E-state index contributed by atoms with van der Waals surface area (Å²) >= 11 is 11.4. The average Bonchev–Trinajstić information content (AvgIpc) is 2.61. The van der Waals surface area contributed by atoms with Crippen molar-refractivity contribution in [2.45, 2.75) is 23.8 Å². The minimum absolute atomic E-state index is 0.0263. The Morgan fingerprint density at radius 2 is 2.22 bits per heavy atom. The summed E-state index contributed by atoms with van der Waals surface area (Å²) in [6.45, 7) is 0. The van der Waals surface area contributed by atoms with E-state index in [4.69, 9.17) is 27.9 Å². The molecule has 0 amide bonds. The van der Waals surface area contributed by atoms with Crippen molar-refractivity contribution in [3.05, 3.63) is 32.9 Å². The monoisotopic (exact) mass is 298 g/mol. The van der Waals surface area contributed by atoms with Crippen LogP contribution < -0.4 is 11.2 Å². The molecule has 2 N–H and O–H groups in total. The molecule has 100 valence electrons. The van der Waals surface area contributed by atoms with Crippen LogP contribution in [0.3, 0.4) is 0 Å². The van der Waals surface area contributed by atoms with Crippen molar-refractivity contribution in [1.82, 2.24) is 9.55 Å². The SMILES string of the molecule is O=c1[nH]c(=O)n([C@@H]2O[C@H](CCl)[C@@H](O)C2Cl)cc1F. The number of alkyl halides is 2. The molecule has 1 saturated heterocycles. The molecule has 9 heteroatoms. The number of nitrogens with one attached hydrogen (secondary N) is 1. The van der Waals surface area contributed by atoms with Gasteiger partial charge < -0.3 is 9.84 Å². The number of H-pyrrole nitrogens is 1. The zero-order valence-electron chi connectivity index (χ0n) is 8.85. The molecule has 4 atom stereocenters. The summed E-state index contributed by atoms with van der Waals surface area (Å²) in [4.78, 5) is 24.2. The highest BCUT2D eigenvalue weighted by molar-refractivity contribution is 6.22. The van der Waals surface area contributed by atoms with E-state index in [9.17, 15) is 19.1 Å². The molecule has 2 rings (SSSR count). The van der Waals surface area contributed by atoms with Gasteiger partial charge in [0.25, 0.3) is 5.56 Å². The van der Waals surface area contributed by atoms with Gasteiger partial charge in [-0.1, -0.05) is 0 Å². The number of nitrogens with zero attached hydrogens (tertiary/aromatic N) is 1. The highest BCUT2D eigenvalue weighted by Crippen LogP contribution is 2.32. The van der Waals surface area contributed by atoms with Crippen molar-refractivity contribution in [2.75, 3.05) is 5.88 Å². The van der Waals surface area contributed by atoms with Crippen molar-refractivity contribution >= 4 is 23.2 Å². The van der Waals surface area contributed by atoms with Gasteiger partial charge in [-0.05, 0) is 0 Å². The van der Waals surface area contributed by atoms with Crippen molar-refractivity contribution in [3.63, 3.8) is 0 Å². The smallest absolute Gasteiger partial charge is 0.330 e. The summed E-state index contributed by atoms with van der Waals surface area (Å²) in [7, 11) is 0. The number of aliphatic hydroxyl groups is 1. The predicted molar refractivity (Wildman–Crippen MR) is 61.6 cm³/mol. The first-order valence-corrected chi connectivity index (χ1v) is 5.97. The molecule has 0 spiro atoms. The highest BCUT2D eigenvalue weighted by atomic mass is 35.5. The van der Waals surface area contributed by atoms with Crippen LogP contribution in [0.25, 0.3) is 0 Å². The lowest BCUT2D eigenvalue weighted by Crippen LogP contribution is -2.36. The van der Waals surface area contributed by atoms with E-state index >= 15 is 0 Å². The van der Waals surface area contributed by atoms with Gasteiger partial charge in [0.1, 0.15) is 17.6 Å². The molecule has 1 unspecified atom stereocenters. The molecule has 1 aliphatic heterocycles. The van der Waals surface area contributed by atoms with E-state index < -0.39 is 40.9 Å². The number of ether oxygens (including phenoxy) is 1. The van der Waals surface area contributed by atoms with Crippen LogP contribution in [0.1, 0.15) is 6.23 Å². The summed E-state index contributed by atoms with van der Waals surface area (Å²) in [5, 5.41) is 8.71. The third kappa shape index (κ3) is 2.18. The molecule has 1 aromatic heterocycles. The van der Waals surface area contributed by atoms with Crippen LogP contribution in [-0.2, 0) is 4.74 Å². The average molecular weight is 299 g/mol. The molecule has 6 nitrogen and oxygen atoms in total. The lowest BCUT2D eigenvalue weighted by atomic mass is 10.2. The minimum atomic E-state index is -1.15. The van der Waals surface area contributed by atoms with E-state index in [2.05, 4.69) is 0 Å². The van der Waals surface area contributed by atoms with Crippen LogP contribution in [0.5, 0.6) is 0 Å². The lowest BCUT2D eigenvalue weighted by Gasteiger charge is -2.16. The lowest BCUT2D eigenvalue weighted by molar-refractivity contribution is -0.00842. The molecular weight excluding hydrogens is 290 g/mol. The van der Waals surface area contributed by atoms with E-state index in [1.54, 1.807) is 4.98 Å². The molecule has 18 heavy (non-hydrogen) atoms. The maximum atomic E-state index is 13.1. The van der Waals surface area contributed by atoms with Crippen molar-refractivity contribution in [3.8, 4) is 0 Å². The Balaban J connectivity index is 2.42. The quantitative estimate of drug-likeness (QED) is 0.740. The van der Waals surface area contributed by atoms with Gasteiger partial charge >= 0.3 is 5.69 Å². The standard InChI is InChI=1S/C9H9Cl2FN2O4/c10-1-4-6(15)5(11)8(18-4)14-2-3(12)7(16)13-9(14)17/h2,4-6,8,15H,1H2,(H,13,16,17)/t4-,5?,6-,8-/m1/s1. The van der Waals surface area contributed by atoms with Crippen molar-refractivity contribution in [1.29, 1.82) is 0 Å². The van der Waals surface area contributed by atoms with E-state index in [1.807, 2.05) is 0 Å². The van der Waals surface area contributed by atoms with Gasteiger partial charge in [-0.15, -0.1) is 23.2 Å². The normalized spacial score (nSPS) is 31.8. The number of halogens is 3. The van der Waals surface area contributed by atoms with Crippen LogP contribution in [-0.4, -0.2) is 38.1 Å². The molecule has 0 aliphatic carbocycles. The van der Waals surface area contributed by atoms with E-state index in [1.165, 1.54) is 0 Å². The Bertz CT molecular complexity index is 560. The fourth-order valence-electron chi connectivity index (χ4n) is 1.70. The first-order chi connectivity index (χ1) is 8.45. The molecule has 1 fully saturated rings. The summed E-state index contributed by atoms with van der Waals surface area (Å²) in [6.07, 6.45) is -2.26. The number of hydrogen-bond acceptors (Lipinski definition) is 4. The maximum Gasteiger partial charge on any atom is 0.330 e. The Kier molecular flexibility index (Phi) is 3.76. The fourth-order valence-corrected chi connectivity index (χ4v) is 2.30. The van der Waals surface area contributed by atoms with Crippen molar-refractivity contribution < 1.29 is 14.2 Å². The van der Waals surface area contributed by atoms with E-state index in [-0.39, 0.29) is 5.88 Å². The zero-order chi connectivity index (χ0) is 13.4. The second-order valence-electron chi connectivity index (χ2n) is 3.80. The van der Waals surface area contributed by atoms with Gasteiger partial charge in [-0.2, -0.15) is 4.39 Å². The summed E-state index contributed by atoms with van der Waals surface area (Å²) in [5.41, 5.74) is -2.01. The molecule has 1 aromatic rings. The summed E-state index contributed by atoms with van der Waals surface area (Å²) in [6, 6.07) is 0. The molecule has 2 heterocycles. The second-order valence-corrected chi connectivity index (χ2v) is 4.61. The topological polar surface area (TPSA) is 84.3 Å². The largest absolute Gasteiger partial charge is 0.389 e. The number of aliphatic hydroxyl groups excluding tert-OH is 1. The van der Waals surface area contributed by atoms with Gasteiger partial charge in [0.15, 0.2) is 6.23 Å². The predicted octanol–water partition coefficient (Wildman–Crippen LogP) is -0.220. The maximum absolute atomic E-state index is 13.1. The number of hydrogen-bond donors (Lipinski definition) is 2. The Morgan fingerprint density at radius 1 is 1.56 bits per heavy atom. The number of aromatic amines is 1. The highest BCUT2D eigenvalue weighted by Gasteiger charge is 2.43. The first-order valence-electron chi connectivity index (χ1n) is 5.00. The molecule has 0 saturated carbocycles. The molecule has 0 bridgehead atoms. The van der Waals surface area contributed by atoms with E-state index in [0.717, 1.165) is 4.57 Å². The van der Waals surface area contributed by atoms with Crippen LogP contribution in [0.2, 0.25) is 0 Å².